The molecular weight excluding hydrogens is 258 g/mol. The van der Waals surface area contributed by atoms with Gasteiger partial charge in [0.25, 0.3) is 0 Å². The number of hydrogen-bond acceptors (Lipinski definition) is 3. The summed E-state index contributed by atoms with van der Waals surface area (Å²) in [5, 5.41) is 3.91. The highest BCUT2D eigenvalue weighted by molar-refractivity contribution is 5.38. The summed E-state index contributed by atoms with van der Waals surface area (Å²) in [5.74, 6) is 2.05. The Morgan fingerprint density at radius 3 is 2.52 bits per heavy atom. The van der Waals surface area contributed by atoms with Gasteiger partial charge in [-0.3, -0.25) is 0 Å². The third-order valence-electron chi connectivity index (χ3n) is 5.32. The second kappa shape index (κ2) is 7.26. The maximum Gasteiger partial charge on any atom is 0.128 e. The summed E-state index contributed by atoms with van der Waals surface area (Å²) in [4.78, 5) is 6.89. The molecule has 1 atom stereocenters. The zero-order chi connectivity index (χ0) is 14.5. The first-order chi connectivity index (χ1) is 10.3. The first-order valence-corrected chi connectivity index (χ1v) is 8.75. The summed E-state index contributed by atoms with van der Waals surface area (Å²) in [6.07, 6.45) is 11.6. The van der Waals surface area contributed by atoms with Gasteiger partial charge in [-0.2, -0.15) is 0 Å². The fourth-order valence-corrected chi connectivity index (χ4v) is 3.96. The number of piperidine rings is 1. The minimum Gasteiger partial charge on any atom is -0.357 e. The third kappa shape index (κ3) is 3.97. The molecule has 1 aromatic heterocycles. The van der Waals surface area contributed by atoms with Gasteiger partial charge in [-0.1, -0.05) is 25.3 Å². The maximum atomic E-state index is 4.47. The molecule has 1 unspecified atom stereocenters. The van der Waals surface area contributed by atoms with Crippen LogP contribution in [0, 0.1) is 5.92 Å². The Labute approximate surface area is 129 Å². The van der Waals surface area contributed by atoms with Gasteiger partial charge in [-0.15, -0.1) is 0 Å². The van der Waals surface area contributed by atoms with Crippen molar-refractivity contribution in [2.75, 3.05) is 18.0 Å². The summed E-state index contributed by atoms with van der Waals surface area (Å²) in [7, 11) is 0. The van der Waals surface area contributed by atoms with Crippen LogP contribution in [-0.2, 0) is 0 Å². The SMILES string of the molecule is CC(NC1CCN(c2ccccn2)CC1)C1CCCCC1. The lowest BCUT2D eigenvalue weighted by atomic mass is 9.84. The number of anilines is 1. The fourth-order valence-electron chi connectivity index (χ4n) is 3.96. The van der Waals surface area contributed by atoms with Crippen molar-refractivity contribution in [2.45, 2.75) is 64.0 Å². The van der Waals surface area contributed by atoms with Gasteiger partial charge in [0.1, 0.15) is 5.82 Å². The van der Waals surface area contributed by atoms with Crippen molar-refractivity contribution in [3.8, 4) is 0 Å². The van der Waals surface area contributed by atoms with Crippen molar-refractivity contribution in [2.24, 2.45) is 5.92 Å². The Hall–Kier alpha value is -1.09. The number of pyridine rings is 1. The molecule has 0 spiro atoms. The molecule has 1 saturated carbocycles. The molecule has 0 bridgehead atoms. The molecule has 3 rings (SSSR count). The first-order valence-electron chi connectivity index (χ1n) is 8.75. The summed E-state index contributed by atoms with van der Waals surface area (Å²) in [6.45, 7) is 4.67. The molecule has 21 heavy (non-hydrogen) atoms. The van der Waals surface area contributed by atoms with Crippen LogP contribution < -0.4 is 10.2 Å². The Kier molecular flexibility index (Phi) is 5.13. The van der Waals surface area contributed by atoms with Crippen molar-refractivity contribution >= 4 is 5.82 Å². The van der Waals surface area contributed by atoms with E-state index in [1.807, 2.05) is 12.3 Å². The van der Waals surface area contributed by atoms with Gasteiger partial charge in [0.05, 0.1) is 0 Å². The monoisotopic (exact) mass is 287 g/mol. The zero-order valence-corrected chi connectivity index (χ0v) is 13.3. The molecule has 2 heterocycles. The van der Waals surface area contributed by atoms with Crippen LogP contribution in [0.25, 0.3) is 0 Å². The van der Waals surface area contributed by atoms with Crippen LogP contribution in [0.2, 0.25) is 0 Å². The van der Waals surface area contributed by atoms with Crippen LogP contribution in [0.3, 0.4) is 0 Å². The first kappa shape index (κ1) is 14.8. The number of nitrogens with one attached hydrogen (secondary N) is 1. The molecule has 3 heteroatoms. The highest BCUT2D eigenvalue weighted by Crippen LogP contribution is 2.27. The summed E-state index contributed by atoms with van der Waals surface area (Å²) >= 11 is 0. The fraction of sp³-hybridized carbons (Fsp3) is 0.722. The quantitative estimate of drug-likeness (QED) is 0.917. The third-order valence-corrected chi connectivity index (χ3v) is 5.32. The second-order valence-electron chi connectivity index (χ2n) is 6.80. The number of nitrogens with zero attached hydrogens (tertiary/aromatic N) is 2. The summed E-state index contributed by atoms with van der Waals surface area (Å²) in [5.41, 5.74) is 0. The second-order valence-corrected chi connectivity index (χ2v) is 6.80. The Bertz CT molecular complexity index is 406. The van der Waals surface area contributed by atoms with E-state index in [9.17, 15) is 0 Å². The molecule has 1 saturated heterocycles. The van der Waals surface area contributed by atoms with E-state index >= 15 is 0 Å². The number of rotatable bonds is 4. The molecule has 2 aliphatic rings. The van der Waals surface area contributed by atoms with E-state index < -0.39 is 0 Å². The molecule has 1 aliphatic heterocycles. The molecule has 0 radical (unpaired) electrons. The smallest absolute Gasteiger partial charge is 0.128 e. The zero-order valence-electron chi connectivity index (χ0n) is 13.3. The Morgan fingerprint density at radius 2 is 1.86 bits per heavy atom. The van der Waals surface area contributed by atoms with Gasteiger partial charge < -0.3 is 10.2 Å². The van der Waals surface area contributed by atoms with Crippen LogP contribution in [-0.4, -0.2) is 30.2 Å². The number of aromatic nitrogens is 1. The van der Waals surface area contributed by atoms with Gasteiger partial charge in [-0.25, -0.2) is 4.98 Å². The topological polar surface area (TPSA) is 28.2 Å². The maximum absolute atomic E-state index is 4.47. The summed E-state index contributed by atoms with van der Waals surface area (Å²) in [6, 6.07) is 7.58. The standard InChI is InChI=1S/C18H29N3/c1-15(16-7-3-2-4-8-16)20-17-10-13-21(14-11-17)18-9-5-6-12-19-18/h5-6,9,12,15-17,20H,2-4,7-8,10-11,13-14H2,1H3. The van der Waals surface area contributed by atoms with Crippen LogP contribution >= 0.6 is 0 Å². The van der Waals surface area contributed by atoms with E-state index in [0.717, 1.165) is 24.8 Å². The lowest BCUT2D eigenvalue weighted by molar-refractivity contribution is 0.251. The van der Waals surface area contributed by atoms with Gasteiger partial charge in [-0.05, 0) is 50.7 Å². The van der Waals surface area contributed by atoms with E-state index in [-0.39, 0.29) is 0 Å². The lowest BCUT2D eigenvalue weighted by Crippen LogP contribution is -2.47. The van der Waals surface area contributed by atoms with Crippen LogP contribution in [0.1, 0.15) is 51.9 Å². The Morgan fingerprint density at radius 1 is 1.10 bits per heavy atom. The lowest BCUT2D eigenvalue weighted by Gasteiger charge is -2.37. The molecule has 1 aliphatic carbocycles. The highest BCUT2D eigenvalue weighted by Gasteiger charge is 2.25. The van der Waals surface area contributed by atoms with Gasteiger partial charge >= 0.3 is 0 Å². The van der Waals surface area contributed by atoms with Crippen LogP contribution in [0.15, 0.2) is 24.4 Å². The predicted molar refractivity (Wildman–Crippen MR) is 88.6 cm³/mol. The molecule has 1 aromatic rings. The van der Waals surface area contributed by atoms with E-state index in [2.05, 4.69) is 34.3 Å². The summed E-state index contributed by atoms with van der Waals surface area (Å²) < 4.78 is 0. The largest absolute Gasteiger partial charge is 0.357 e. The minimum absolute atomic E-state index is 0.691. The molecule has 116 valence electrons. The van der Waals surface area contributed by atoms with Crippen molar-refractivity contribution in [3.05, 3.63) is 24.4 Å². The van der Waals surface area contributed by atoms with Crippen molar-refractivity contribution < 1.29 is 0 Å². The van der Waals surface area contributed by atoms with E-state index in [1.54, 1.807) is 0 Å². The van der Waals surface area contributed by atoms with E-state index in [1.165, 1.54) is 44.9 Å². The highest BCUT2D eigenvalue weighted by atomic mass is 15.2. The minimum atomic E-state index is 0.691. The average molecular weight is 287 g/mol. The van der Waals surface area contributed by atoms with Crippen molar-refractivity contribution in [3.63, 3.8) is 0 Å². The molecule has 0 amide bonds. The Balaban J connectivity index is 1.45. The van der Waals surface area contributed by atoms with Crippen LogP contribution in [0.5, 0.6) is 0 Å². The van der Waals surface area contributed by atoms with E-state index in [4.69, 9.17) is 0 Å². The molecule has 1 N–H and O–H groups in total. The van der Waals surface area contributed by atoms with Crippen LogP contribution in [0.4, 0.5) is 5.82 Å². The normalized spacial score (nSPS) is 23.2. The molecule has 0 aromatic carbocycles. The number of hydrogen-bond donors (Lipinski definition) is 1. The van der Waals surface area contributed by atoms with Crippen molar-refractivity contribution in [1.29, 1.82) is 0 Å². The van der Waals surface area contributed by atoms with Gasteiger partial charge in [0, 0.05) is 31.4 Å². The van der Waals surface area contributed by atoms with Crippen molar-refractivity contribution in [1.82, 2.24) is 10.3 Å². The van der Waals surface area contributed by atoms with Gasteiger partial charge in [0.15, 0.2) is 0 Å². The van der Waals surface area contributed by atoms with E-state index in [0.29, 0.717) is 12.1 Å². The average Bonchev–Trinajstić information content (AvgIpc) is 2.57. The molecular formula is C18H29N3. The predicted octanol–water partition coefficient (Wildman–Crippen LogP) is 3.61. The van der Waals surface area contributed by atoms with Gasteiger partial charge in [0.2, 0.25) is 0 Å². The molecule has 2 fully saturated rings. The molecule has 3 nitrogen and oxygen atoms in total.